The number of hydrogen-bond donors (Lipinski definition) is 2. The normalized spacial score (nSPS) is 11.3. The molecular formula is C20H22N2O4. The van der Waals surface area contributed by atoms with Crippen molar-refractivity contribution >= 4 is 23.5 Å². The Balaban J connectivity index is 2.09. The topological polar surface area (TPSA) is 84.5 Å². The summed E-state index contributed by atoms with van der Waals surface area (Å²) in [6, 6.07) is 14.9. The number of carbonyl (C=O) groups is 3. The Bertz CT molecular complexity index is 774. The molecule has 0 aliphatic rings. The van der Waals surface area contributed by atoms with Gasteiger partial charge in [-0.25, -0.2) is 4.79 Å². The molecule has 0 aliphatic heterocycles. The van der Waals surface area contributed by atoms with Crippen LogP contribution in [0.2, 0.25) is 0 Å². The molecule has 2 rings (SSSR count). The van der Waals surface area contributed by atoms with Crippen LogP contribution in [0.4, 0.5) is 10.5 Å². The van der Waals surface area contributed by atoms with E-state index in [0.29, 0.717) is 11.3 Å². The lowest BCUT2D eigenvalue weighted by Gasteiger charge is -2.19. The molecule has 0 heterocycles. The molecule has 2 aromatic carbocycles. The minimum Gasteiger partial charge on any atom is -0.466 e. The third kappa shape index (κ3) is 5.73. The molecule has 1 atom stereocenters. The van der Waals surface area contributed by atoms with E-state index in [1.54, 1.807) is 31.2 Å². The van der Waals surface area contributed by atoms with Crippen molar-refractivity contribution in [3.8, 4) is 0 Å². The largest absolute Gasteiger partial charge is 0.466 e. The van der Waals surface area contributed by atoms with Gasteiger partial charge in [-0.05, 0) is 31.5 Å². The van der Waals surface area contributed by atoms with Gasteiger partial charge < -0.3 is 15.4 Å². The van der Waals surface area contributed by atoms with Crippen LogP contribution in [-0.2, 0) is 9.53 Å². The molecule has 0 saturated carbocycles. The highest BCUT2D eigenvalue weighted by atomic mass is 16.5. The number of ether oxygens (including phenoxy) is 1. The number of carbonyl (C=O) groups excluding carboxylic acids is 3. The summed E-state index contributed by atoms with van der Waals surface area (Å²) in [7, 11) is 0. The number of nitrogens with one attached hydrogen (secondary N) is 2. The van der Waals surface area contributed by atoms with Gasteiger partial charge in [0.15, 0.2) is 5.78 Å². The molecule has 0 spiro atoms. The zero-order valence-electron chi connectivity index (χ0n) is 14.8. The van der Waals surface area contributed by atoms with Crippen molar-refractivity contribution in [3.05, 3.63) is 65.7 Å². The molecule has 2 N–H and O–H groups in total. The fraction of sp³-hybridized carbons (Fsp3) is 0.250. The van der Waals surface area contributed by atoms with Crippen LogP contribution in [0, 0.1) is 0 Å². The number of anilines is 1. The first-order valence-electron chi connectivity index (χ1n) is 8.38. The molecule has 2 amide bonds. The molecule has 6 nitrogen and oxygen atoms in total. The van der Waals surface area contributed by atoms with Gasteiger partial charge in [0, 0.05) is 11.3 Å². The van der Waals surface area contributed by atoms with E-state index in [2.05, 4.69) is 10.6 Å². The molecule has 26 heavy (non-hydrogen) atoms. The number of amides is 2. The monoisotopic (exact) mass is 354 g/mol. The van der Waals surface area contributed by atoms with Crippen LogP contribution >= 0.6 is 0 Å². The van der Waals surface area contributed by atoms with E-state index >= 15 is 0 Å². The maximum absolute atomic E-state index is 12.4. The second-order valence-electron chi connectivity index (χ2n) is 5.71. The zero-order chi connectivity index (χ0) is 18.9. The van der Waals surface area contributed by atoms with Crippen molar-refractivity contribution in [2.24, 2.45) is 0 Å². The number of Topliss-reactive ketones (excluding diaryl/α,β-unsaturated/α-hetero) is 1. The Morgan fingerprint density at radius 3 is 2.42 bits per heavy atom. The highest BCUT2D eigenvalue weighted by molar-refractivity contribution is 5.96. The van der Waals surface area contributed by atoms with Crippen LogP contribution in [-0.4, -0.2) is 24.4 Å². The van der Waals surface area contributed by atoms with Gasteiger partial charge in [0.1, 0.15) is 0 Å². The summed E-state index contributed by atoms with van der Waals surface area (Å²) in [6.07, 6.45) is 0.0265. The maximum Gasteiger partial charge on any atom is 0.319 e. The average molecular weight is 354 g/mol. The maximum atomic E-state index is 12.4. The molecule has 0 aromatic heterocycles. The van der Waals surface area contributed by atoms with Gasteiger partial charge in [-0.2, -0.15) is 0 Å². The van der Waals surface area contributed by atoms with Gasteiger partial charge in [0.25, 0.3) is 0 Å². The Kier molecular flexibility index (Phi) is 6.91. The summed E-state index contributed by atoms with van der Waals surface area (Å²) in [5, 5.41) is 5.47. The van der Waals surface area contributed by atoms with E-state index in [4.69, 9.17) is 4.74 Å². The van der Waals surface area contributed by atoms with Crippen LogP contribution < -0.4 is 10.6 Å². The standard InChI is InChI=1S/C20H22N2O4/c1-3-26-19(24)13-18(15-8-5-4-6-9-15)22-20(25)21-17-11-7-10-16(12-17)14(2)23/h4-12,18H,3,13H2,1-2H3,(H2,21,22,25). The van der Waals surface area contributed by atoms with E-state index in [1.807, 2.05) is 30.3 Å². The van der Waals surface area contributed by atoms with Gasteiger partial charge >= 0.3 is 12.0 Å². The predicted molar refractivity (Wildman–Crippen MR) is 99.0 cm³/mol. The summed E-state index contributed by atoms with van der Waals surface area (Å²) in [5.41, 5.74) is 1.81. The number of benzene rings is 2. The van der Waals surface area contributed by atoms with Crippen molar-refractivity contribution in [1.29, 1.82) is 0 Å². The SMILES string of the molecule is CCOC(=O)CC(NC(=O)Nc1cccc(C(C)=O)c1)c1ccccc1. The summed E-state index contributed by atoms with van der Waals surface area (Å²) in [4.78, 5) is 35.7. The molecular weight excluding hydrogens is 332 g/mol. The number of ketones is 1. The van der Waals surface area contributed by atoms with E-state index in [0.717, 1.165) is 5.56 Å². The fourth-order valence-corrected chi connectivity index (χ4v) is 2.47. The summed E-state index contributed by atoms with van der Waals surface area (Å²) < 4.78 is 4.99. The van der Waals surface area contributed by atoms with Gasteiger partial charge in [0.05, 0.1) is 19.1 Å². The highest BCUT2D eigenvalue weighted by Gasteiger charge is 2.19. The van der Waals surface area contributed by atoms with E-state index in [9.17, 15) is 14.4 Å². The Morgan fingerprint density at radius 1 is 1.04 bits per heavy atom. The van der Waals surface area contributed by atoms with Gasteiger partial charge in [-0.3, -0.25) is 9.59 Å². The minimum atomic E-state index is -0.522. The van der Waals surface area contributed by atoms with Gasteiger partial charge in [-0.1, -0.05) is 42.5 Å². The Labute approximate surface area is 152 Å². The van der Waals surface area contributed by atoms with Crippen molar-refractivity contribution < 1.29 is 19.1 Å². The van der Waals surface area contributed by atoms with Crippen LogP contribution in [0.15, 0.2) is 54.6 Å². The highest BCUT2D eigenvalue weighted by Crippen LogP contribution is 2.18. The van der Waals surface area contributed by atoms with Crippen LogP contribution in [0.3, 0.4) is 0 Å². The Morgan fingerprint density at radius 2 is 1.77 bits per heavy atom. The fourth-order valence-electron chi connectivity index (χ4n) is 2.47. The predicted octanol–water partition coefficient (Wildman–Crippen LogP) is 3.71. The quantitative estimate of drug-likeness (QED) is 0.586. The third-order valence-electron chi connectivity index (χ3n) is 3.71. The first-order chi connectivity index (χ1) is 12.5. The number of hydrogen-bond acceptors (Lipinski definition) is 4. The second kappa shape index (κ2) is 9.36. The zero-order valence-corrected chi connectivity index (χ0v) is 14.8. The van der Waals surface area contributed by atoms with Crippen LogP contribution in [0.1, 0.15) is 42.2 Å². The number of rotatable bonds is 7. The summed E-state index contributed by atoms with van der Waals surface area (Å²) in [5.74, 6) is -0.473. The molecule has 1 unspecified atom stereocenters. The summed E-state index contributed by atoms with van der Waals surface area (Å²) >= 11 is 0. The third-order valence-corrected chi connectivity index (χ3v) is 3.71. The molecule has 0 saturated heterocycles. The van der Waals surface area contributed by atoms with E-state index in [-0.39, 0.29) is 24.8 Å². The van der Waals surface area contributed by atoms with Gasteiger partial charge in [-0.15, -0.1) is 0 Å². The van der Waals surface area contributed by atoms with Crippen molar-refractivity contribution in [2.75, 3.05) is 11.9 Å². The van der Waals surface area contributed by atoms with Crippen LogP contribution in [0.5, 0.6) is 0 Å². The molecule has 0 aliphatic carbocycles. The smallest absolute Gasteiger partial charge is 0.319 e. The van der Waals surface area contributed by atoms with E-state index in [1.165, 1.54) is 6.92 Å². The summed E-state index contributed by atoms with van der Waals surface area (Å²) in [6.45, 7) is 3.48. The van der Waals surface area contributed by atoms with Crippen LogP contribution in [0.25, 0.3) is 0 Å². The Hall–Kier alpha value is -3.15. The lowest BCUT2D eigenvalue weighted by molar-refractivity contribution is -0.143. The lowest BCUT2D eigenvalue weighted by Crippen LogP contribution is -2.34. The second-order valence-corrected chi connectivity index (χ2v) is 5.71. The lowest BCUT2D eigenvalue weighted by atomic mass is 10.0. The van der Waals surface area contributed by atoms with Crippen molar-refractivity contribution in [2.45, 2.75) is 26.3 Å². The molecule has 2 aromatic rings. The molecule has 6 heteroatoms. The molecule has 136 valence electrons. The van der Waals surface area contributed by atoms with Gasteiger partial charge in [0.2, 0.25) is 0 Å². The first-order valence-corrected chi connectivity index (χ1v) is 8.38. The van der Waals surface area contributed by atoms with Crippen molar-refractivity contribution in [3.63, 3.8) is 0 Å². The number of esters is 1. The van der Waals surface area contributed by atoms with E-state index < -0.39 is 12.1 Å². The molecule has 0 fully saturated rings. The van der Waals surface area contributed by atoms with Crippen molar-refractivity contribution in [1.82, 2.24) is 5.32 Å². The number of urea groups is 1. The average Bonchev–Trinajstić information content (AvgIpc) is 2.62. The minimum absolute atomic E-state index is 0.0265. The first kappa shape index (κ1) is 19.2. The molecule has 0 bridgehead atoms. The molecule has 0 radical (unpaired) electrons.